The summed E-state index contributed by atoms with van der Waals surface area (Å²) in [5.41, 5.74) is -0.481. The van der Waals surface area contributed by atoms with Gasteiger partial charge in [0.05, 0.1) is 29.9 Å². The summed E-state index contributed by atoms with van der Waals surface area (Å²) in [5, 5.41) is 9.71. The molecule has 1 N–H and O–H groups in total. The SMILES string of the molecule is CCCCCCCCCCCCCCCCCCOC(=O)c1cccc(C(=O)O)c1C(=O)OCCCCCCCCCCCCCCCCCC. The molecule has 1 aromatic rings. The monoisotopic (exact) mass is 715 g/mol. The molecule has 6 heteroatoms. The van der Waals surface area contributed by atoms with E-state index in [-0.39, 0.29) is 29.9 Å². The van der Waals surface area contributed by atoms with Gasteiger partial charge in [0.15, 0.2) is 0 Å². The number of carboxylic acids is 1. The first-order valence-corrected chi connectivity index (χ1v) is 21.7. The molecule has 6 nitrogen and oxygen atoms in total. The number of aromatic carboxylic acids is 1. The number of carboxylic acid groups (broad SMARTS) is 1. The van der Waals surface area contributed by atoms with E-state index in [1.807, 2.05) is 0 Å². The number of carbonyl (C=O) groups is 3. The first kappa shape index (κ1) is 46.7. The normalized spacial score (nSPS) is 11.2. The third kappa shape index (κ3) is 26.1. The molecule has 0 saturated heterocycles. The number of carbonyl (C=O) groups excluding carboxylic acids is 2. The number of hydrogen-bond donors (Lipinski definition) is 1. The zero-order valence-electron chi connectivity index (χ0n) is 33.3. The fourth-order valence-electron chi connectivity index (χ4n) is 6.90. The number of hydrogen-bond acceptors (Lipinski definition) is 5. The molecule has 0 heterocycles. The van der Waals surface area contributed by atoms with Crippen LogP contribution in [0.15, 0.2) is 18.2 Å². The fourth-order valence-corrected chi connectivity index (χ4v) is 6.90. The molecule has 0 aliphatic carbocycles. The summed E-state index contributed by atoms with van der Waals surface area (Å²) in [6.45, 7) is 4.99. The molecular weight excluding hydrogens is 636 g/mol. The lowest BCUT2D eigenvalue weighted by Crippen LogP contribution is -2.19. The van der Waals surface area contributed by atoms with Crippen LogP contribution in [0.1, 0.15) is 250 Å². The van der Waals surface area contributed by atoms with Crippen molar-refractivity contribution in [3.8, 4) is 0 Å². The maximum atomic E-state index is 13.0. The van der Waals surface area contributed by atoms with Crippen molar-refractivity contribution < 1.29 is 29.0 Å². The van der Waals surface area contributed by atoms with E-state index in [0.29, 0.717) is 0 Å². The molecule has 0 unspecified atom stereocenters. The van der Waals surface area contributed by atoms with E-state index in [2.05, 4.69) is 13.8 Å². The lowest BCUT2D eigenvalue weighted by molar-refractivity contribution is 0.0446. The Morgan fingerprint density at radius 1 is 0.412 bits per heavy atom. The van der Waals surface area contributed by atoms with Crippen LogP contribution in [-0.4, -0.2) is 36.2 Å². The van der Waals surface area contributed by atoms with Crippen molar-refractivity contribution in [3.05, 3.63) is 34.9 Å². The van der Waals surface area contributed by atoms with Gasteiger partial charge in [-0.05, 0) is 25.0 Å². The van der Waals surface area contributed by atoms with Crippen LogP contribution in [0.25, 0.3) is 0 Å². The molecule has 1 aromatic carbocycles. The number of benzene rings is 1. The van der Waals surface area contributed by atoms with Crippen LogP contribution in [0.3, 0.4) is 0 Å². The first-order valence-electron chi connectivity index (χ1n) is 21.7. The number of unbranched alkanes of at least 4 members (excludes halogenated alkanes) is 30. The van der Waals surface area contributed by atoms with Gasteiger partial charge in [-0.25, -0.2) is 14.4 Å². The molecule has 0 atom stereocenters. The Labute approximate surface area is 313 Å². The van der Waals surface area contributed by atoms with Crippen molar-refractivity contribution in [1.82, 2.24) is 0 Å². The van der Waals surface area contributed by atoms with E-state index in [4.69, 9.17) is 9.47 Å². The highest BCUT2D eigenvalue weighted by molar-refractivity contribution is 6.10. The fraction of sp³-hybridized carbons (Fsp3) is 0.800. The summed E-state index contributed by atoms with van der Waals surface area (Å²) in [6.07, 6.45) is 40.5. The van der Waals surface area contributed by atoms with Gasteiger partial charge < -0.3 is 14.6 Å². The molecule has 0 amide bonds. The van der Waals surface area contributed by atoms with Crippen molar-refractivity contribution in [3.63, 3.8) is 0 Å². The maximum absolute atomic E-state index is 13.0. The second kappa shape index (κ2) is 34.7. The van der Waals surface area contributed by atoms with Crippen molar-refractivity contribution in [1.29, 1.82) is 0 Å². The smallest absolute Gasteiger partial charge is 0.339 e. The number of ether oxygens (including phenoxy) is 2. The van der Waals surface area contributed by atoms with Gasteiger partial charge in [-0.15, -0.1) is 0 Å². The van der Waals surface area contributed by atoms with Gasteiger partial charge in [0, 0.05) is 0 Å². The molecule has 0 spiro atoms. The Morgan fingerprint density at radius 3 is 1.00 bits per heavy atom. The molecule has 0 aliphatic rings. The van der Waals surface area contributed by atoms with Gasteiger partial charge in [-0.3, -0.25) is 0 Å². The van der Waals surface area contributed by atoms with Gasteiger partial charge in [0.2, 0.25) is 0 Å². The predicted molar refractivity (Wildman–Crippen MR) is 213 cm³/mol. The third-order valence-corrected chi connectivity index (χ3v) is 10.2. The lowest BCUT2D eigenvalue weighted by Gasteiger charge is -2.12. The van der Waals surface area contributed by atoms with E-state index in [1.165, 1.54) is 185 Å². The van der Waals surface area contributed by atoms with Crippen molar-refractivity contribution in [2.45, 2.75) is 219 Å². The molecule has 0 saturated carbocycles. The molecule has 0 bridgehead atoms. The second-order valence-corrected chi connectivity index (χ2v) is 14.9. The van der Waals surface area contributed by atoms with Crippen LogP contribution in [0.2, 0.25) is 0 Å². The number of rotatable bonds is 37. The van der Waals surface area contributed by atoms with Gasteiger partial charge in [-0.2, -0.15) is 0 Å². The molecule has 51 heavy (non-hydrogen) atoms. The highest BCUT2D eigenvalue weighted by Gasteiger charge is 2.26. The Balaban J connectivity index is 2.17. The standard InChI is InChI=1S/C45H78O6/c1-3-5-7-9-11-13-15-17-19-21-23-25-27-29-31-33-38-50-44(48)41-37-35-36-40(43(46)47)42(41)45(49)51-39-34-32-30-28-26-24-22-20-18-16-14-12-10-8-6-4-2/h35-37H,3-34,38-39H2,1-2H3,(H,46,47). The average Bonchev–Trinajstić information content (AvgIpc) is 3.13. The highest BCUT2D eigenvalue weighted by atomic mass is 16.5. The van der Waals surface area contributed by atoms with Crippen molar-refractivity contribution >= 4 is 17.9 Å². The minimum Gasteiger partial charge on any atom is -0.478 e. The van der Waals surface area contributed by atoms with E-state index in [1.54, 1.807) is 0 Å². The summed E-state index contributed by atoms with van der Waals surface area (Å²) >= 11 is 0. The molecule has 0 radical (unpaired) electrons. The second-order valence-electron chi connectivity index (χ2n) is 14.9. The predicted octanol–water partition coefficient (Wildman–Crippen LogP) is 14.2. The summed E-state index contributed by atoms with van der Waals surface area (Å²) in [4.78, 5) is 37.8. The average molecular weight is 715 g/mol. The lowest BCUT2D eigenvalue weighted by atomic mass is 10.0. The summed E-state index contributed by atoms with van der Waals surface area (Å²) in [6, 6.07) is 4.26. The zero-order valence-corrected chi connectivity index (χ0v) is 33.3. The quantitative estimate of drug-likeness (QED) is 0.0545. The van der Waals surface area contributed by atoms with E-state index < -0.39 is 17.9 Å². The third-order valence-electron chi connectivity index (χ3n) is 10.2. The van der Waals surface area contributed by atoms with Gasteiger partial charge in [-0.1, -0.05) is 213 Å². The van der Waals surface area contributed by atoms with Crippen LogP contribution < -0.4 is 0 Å². The van der Waals surface area contributed by atoms with Crippen LogP contribution in [-0.2, 0) is 9.47 Å². The van der Waals surface area contributed by atoms with Gasteiger partial charge in [0.1, 0.15) is 0 Å². The Kier molecular flexibility index (Phi) is 31.7. The van der Waals surface area contributed by atoms with Crippen molar-refractivity contribution in [2.24, 2.45) is 0 Å². The Bertz CT molecular complexity index is 989. The molecule has 0 aliphatic heterocycles. The molecule has 0 aromatic heterocycles. The van der Waals surface area contributed by atoms with Crippen molar-refractivity contribution in [2.75, 3.05) is 13.2 Å². The van der Waals surface area contributed by atoms with Crippen LogP contribution in [0.5, 0.6) is 0 Å². The van der Waals surface area contributed by atoms with E-state index in [9.17, 15) is 19.5 Å². The zero-order chi connectivity index (χ0) is 37.0. The van der Waals surface area contributed by atoms with Crippen LogP contribution >= 0.6 is 0 Å². The maximum Gasteiger partial charge on any atom is 0.339 e. The van der Waals surface area contributed by atoms with Crippen LogP contribution in [0.4, 0.5) is 0 Å². The summed E-state index contributed by atoms with van der Waals surface area (Å²) in [5.74, 6) is -2.71. The van der Waals surface area contributed by atoms with E-state index >= 15 is 0 Å². The summed E-state index contributed by atoms with van der Waals surface area (Å²) < 4.78 is 10.9. The molecule has 0 fully saturated rings. The minimum atomic E-state index is -1.27. The van der Waals surface area contributed by atoms with Crippen LogP contribution in [0, 0.1) is 0 Å². The summed E-state index contributed by atoms with van der Waals surface area (Å²) in [7, 11) is 0. The highest BCUT2D eigenvalue weighted by Crippen LogP contribution is 2.20. The molecule has 1 rings (SSSR count). The van der Waals surface area contributed by atoms with Gasteiger partial charge >= 0.3 is 17.9 Å². The topological polar surface area (TPSA) is 89.9 Å². The number of esters is 2. The van der Waals surface area contributed by atoms with E-state index in [0.717, 1.165) is 38.5 Å². The Morgan fingerprint density at radius 2 is 0.686 bits per heavy atom. The Hall–Kier alpha value is -2.37. The van der Waals surface area contributed by atoms with Gasteiger partial charge in [0.25, 0.3) is 0 Å². The largest absolute Gasteiger partial charge is 0.478 e. The molecule has 294 valence electrons. The molecular formula is C45H78O6. The first-order chi connectivity index (χ1) is 25.0. The minimum absolute atomic E-state index is 0.0385.